The van der Waals surface area contributed by atoms with Crippen molar-refractivity contribution in [2.75, 3.05) is 11.9 Å². The molecule has 5 nitrogen and oxygen atoms in total. The number of aliphatic imine (C=N–C) groups is 1. The van der Waals surface area contributed by atoms with Gasteiger partial charge in [-0.15, -0.1) is 0 Å². The van der Waals surface area contributed by atoms with Gasteiger partial charge in [-0.25, -0.2) is 10.0 Å². The maximum absolute atomic E-state index is 11.2. The van der Waals surface area contributed by atoms with E-state index in [0.29, 0.717) is 28.2 Å². The molecule has 2 N–H and O–H groups in total. The Kier molecular flexibility index (Phi) is 4.54. The Labute approximate surface area is 129 Å². The summed E-state index contributed by atoms with van der Waals surface area (Å²) < 4.78 is 0. The molecule has 1 aliphatic heterocycles. The lowest BCUT2D eigenvalue weighted by Crippen LogP contribution is -2.49. The summed E-state index contributed by atoms with van der Waals surface area (Å²) in [5.74, 6) is 0.290. The SMILES string of the molecule is CC(=O)NN1C(Nc2c(Cl)cccc2Cl)=NCC1Br. The molecule has 1 aromatic rings. The van der Waals surface area contributed by atoms with Crippen LogP contribution < -0.4 is 10.7 Å². The third-order valence-electron chi connectivity index (χ3n) is 2.38. The molecule has 0 radical (unpaired) electrons. The number of nitrogens with one attached hydrogen (secondary N) is 2. The number of hydrogen-bond donors (Lipinski definition) is 2. The highest BCUT2D eigenvalue weighted by Gasteiger charge is 2.27. The minimum Gasteiger partial charge on any atom is -0.322 e. The molecule has 0 aliphatic carbocycles. The molecular weight excluding hydrogens is 355 g/mol. The molecular formula is C11H11BrCl2N4O. The lowest BCUT2D eigenvalue weighted by atomic mass is 10.3. The number of carbonyl (C=O) groups excluding carboxylic acids is 1. The third-order valence-corrected chi connectivity index (χ3v) is 3.71. The Balaban J connectivity index is 2.20. The Morgan fingerprint density at radius 2 is 2.11 bits per heavy atom. The predicted molar refractivity (Wildman–Crippen MR) is 80.8 cm³/mol. The summed E-state index contributed by atoms with van der Waals surface area (Å²) in [4.78, 5) is 15.3. The maximum atomic E-state index is 11.2. The summed E-state index contributed by atoms with van der Waals surface area (Å²) in [6.07, 6.45) is 0. The van der Waals surface area contributed by atoms with E-state index in [9.17, 15) is 4.79 Å². The summed E-state index contributed by atoms with van der Waals surface area (Å²) in [6.45, 7) is 1.93. The second-order valence-electron chi connectivity index (χ2n) is 3.86. The fourth-order valence-corrected chi connectivity index (χ4v) is 2.51. The zero-order valence-corrected chi connectivity index (χ0v) is 13.1. The van der Waals surface area contributed by atoms with Gasteiger partial charge >= 0.3 is 0 Å². The minimum absolute atomic E-state index is 0.111. The van der Waals surface area contributed by atoms with Crippen molar-refractivity contribution in [3.05, 3.63) is 28.2 Å². The number of guanidine groups is 1. The number of hydrazine groups is 1. The van der Waals surface area contributed by atoms with Crippen LogP contribution in [0.5, 0.6) is 0 Å². The van der Waals surface area contributed by atoms with E-state index in [1.807, 2.05) is 0 Å². The van der Waals surface area contributed by atoms with Gasteiger partial charge < -0.3 is 5.32 Å². The van der Waals surface area contributed by atoms with Gasteiger partial charge in [0.25, 0.3) is 0 Å². The third kappa shape index (κ3) is 3.32. The molecule has 0 aromatic heterocycles. The molecule has 0 bridgehead atoms. The monoisotopic (exact) mass is 364 g/mol. The van der Waals surface area contributed by atoms with Crippen LogP contribution >= 0.6 is 39.1 Å². The number of benzene rings is 1. The molecule has 102 valence electrons. The van der Waals surface area contributed by atoms with Gasteiger partial charge in [0.1, 0.15) is 4.95 Å². The first-order valence-electron chi connectivity index (χ1n) is 5.45. The zero-order chi connectivity index (χ0) is 14.0. The lowest BCUT2D eigenvalue weighted by Gasteiger charge is -2.24. The molecule has 0 saturated carbocycles. The van der Waals surface area contributed by atoms with Crippen LogP contribution in [0.1, 0.15) is 6.92 Å². The molecule has 1 heterocycles. The normalized spacial score (nSPS) is 18.2. The quantitative estimate of drug-likeness (QED) is 0.625. The van der Waals surface area contributed by atoms with Crippen LogP contribution in [-0.2, 0) is 4.79 Å². The van der Waals surface area contributed by atoms with E-state index in [1.165, 1.54) is 6.92 Å². The topological polar surface area (TPSA) is 56.7 Å². The van der Waals surface area contributed by atoms with Gasteiger partial charge in [0.15, 0.2) is 0 Å². The fourth-order valence-electron chi connectivity index (χ4n) is 1.57. The number of halogens is 3. The Hall–Kier alpha value is -0.980. The zero-order valence-electron chi connectivity index (χ0n) is 9.95. The summed E-state index contributed by atoms with van der Waals surface area (Å²) in [5.41, 5.74) is 3.23. The van der Waals surface area contributed by atoms with Gasteiger partial charge in [-0.05, 0) is 12.1 Å². The highest BCUT2D eigenvalue weighted by atomic mass is 79.9. The Morgan fingerprint density at radius 3 is 2.68 bits per heavy atom. The number of alkyl halides is 1. The van der Waals surface area contributed by atoms with Gasteiger partial charge in [0.2, 0.25) is 11.9 Å². The van der Waals surface area contributed by atoms with E-state index in [2.05, 4.69) is 31.7 Å². The summed E-state index contributed by atoms with van der Waals surface area (Å²) in [6, 6.07) is 5.20. The van der Waals surface area contributed by atoms with Crippen molar-refractivity contribution in [3.8, 4) is 0 Å². The molecule has 2 rings (SSSR count). The van der Waals surface area contributed by atoms with Crippen LogP contribution in [0.4, 0.5) is 5.69 Å². The highest BCUT2D eigenvalue weighted by molar-refractivity contribution is 9.09. The summed E-state index contributed by atoms with van der Waals surface area (Å²) in [7, 11) is 0. The van der Waals surface area contributed by atoms with Crippen molar-refractivity contribution < 1.29 is 4.79 Å². The number of nitrogens with zero attached hydrogens (tertiary/aromatic N) is 2. The van der Waals surface area contributed by atoms with Crippen molar-refractivity contribution >= 4 is 56.7 Å². The van der Waals surface area contributed by atoms with Crippen LogP contribution in [-0.4, -0.2) is 28.4 Å². The molecule has 1 aliphatic rings. The lowest BCUT2D eigenvalue weighted by molar-refractivity contribution is -0.122. The number of carbonyl (C=O) groups is 1. The van der Waals surface area contributed by atoms with Crippen molar-refractivity contribution in [2.45, 2.75) is 11.9 Å². The molecule has 0 saturated heterocycles. The van der Waals surface area contributed by atoms with Crippen LogP contribution in [0.2, 0.25) is 10.0 Å². The van der Waals surface area contributed by atoms with E-state index in [1.54, 1.807) is 23.2 Å². The molecule has 1 unspecified atom stereocenters. The molecule has 1 aromatic carbocycles. The summed E-state index contributed by atoms with van der Waals surface area (Å²) >= 11 is 15.6. The molecule has 8 heteroatoms. The average Bonchev–Trinajstić information content (AvgIpc) is 2.66. The number of hydrogen-bond acceptors (Lipinski definition) is 4. The largest absolute Gasteiger partial charge is 0.322 e. The van der Waals surface area contributed by atoms with E-state index in [0.717, 1.165) is 0 Å². The van der Waals surface area contributed by atoms with Crippen molar-refractivity contribution in [3.63, 3.8) is 0 Å². The van der Waals surface area contributed by atoms with Gasteiger partial charge in [-0.3, -0.25) is 10.2 Å². The first-order valence-corrected chi connectivity index (χ1v) is 7.12. The summed E-state index contributed by atoms with van der Waals surface area (Å²) in [5, 5.41) is 5.58. The van der Waals surface area contributed by atoms with Crippen molar-refractivity contribution in [1.82, 2.24) is 10.4 Å². The van der Waals surface area contributed by atoms with Crippen molar-refractivity contribution in [2.24, 2.45) is 4.99 Å². The van der Waals surface area contributed by atoms with Gasteiger partial charge in [0, 0.05) is 6.92 Å². The number of para-hydroxylation sites is 1. The molecule has 1 amide bonds. The van der Waals surface area contributed by atoms with Gasteiger partial charge in [0.05, 0.1) is 22.3 Å². The molecule has 1 atom stereocenters. The number of amides is 1. The highest BCUT2D eigenvalue weighted by Crippen LogP contribution is 2.30. The molecule has 0 spiro atoms. The first kappa shape index (κ1) is 14.4. The van der Waals surface area contributed by atoms with Crippen LogP contribution in [0.15, 0.2) is 23.2 Å². The second-order valence-corrected chi connectivity index (χ2v) is 5.73. The Morgan fingerprint density at radius 1 is 1.47 bits per heavy atom. The minimum atomic E-state index is -0.189. The van der Waals surface area contributed by atoms with Gasteiger partial charge in [-0.2, -0.15) is 0 Å². The van der Waals surface area contributed by atoms with Gasteiger partial charge in [-0.1, -0.05) is 45.2 Å². The standard InChI is InChI=1S/C11H11BrCl2N4O/c1-6(19)17-18-9(12)5-15-11(18)16-10-7(13)3-2-4-8(10)14/h2-4,9H,5H2,1H3,(H,15,16)(H,17,19). The molecule has 0 fully saturated rings. The van der Waals surface area contributed by atoms with Crippen LogP contribution in [0, 0.1) is 0 Å². The predicted octanol–water partition coefficient (Wildman–Crippen LogP) is 2.85. The smallest absolute Gasteiger partial charge is 0.235 e. The second kappa shape index (κ2) is 5.98. The number of anilines is 1. The van der Waals surface area contributed by atoms with Crippen LogP contribution in [0.25, 0.3) is 0 Å². The van der Waals surface area contributed by atoms with E-state index in [-0.39, 0.29) is 10.9 Å². The molecule has 19 heavy (non-hydrogen) atoms. The van der Waals surface area contributed by atoms with E-state index in [4.69, 9.17) is 23.2 Å². The Bertz CT molecular complexity index is 517. The van der Waals surface area contributed by atoms with Crippen molar-refractivity contribution in [1.29, 1.82) is 0 Å². The number of rotatable bonds is 2. The average molecular weight is 366 g/mol. The van der Waals surface area contributed by atoms with E-state index >= 15 is 0 Å². The van der Waals surface area contributed by atoms with Crippen LogP contribution in [0.3, 0.4) is 0 Å². The first-order chi connectivity index (χ1) is 8.99. The maximum Gasteiger partial charge on any atom is 0.235 e. The van der Waals surface area contributed by atoms with E-state index < -0.39 is 0 Å². The fraction of sp³-hybridized carbons (Fsp3) is 0.273.